The monoisotopic (exact) mass is 437 g/mol. The lowest BCUT2D eigenvalue weighted by molar-refractivity contribution is -0.384. The zero-order valence-corrected chi connectivity index (χ0v) is 17.9. The van der Waals surface area contributed by atoms with Crippen molar-refractivity contribution in [3.8, 4) is 17.2 Å². The van der Waals surface area contributed by atoms with Gasteiger partial charge in [0.2, 0.25) is 5.75 Å². The van der Waals surface area contributed by atoms with Gasteiger partial charge in [-0.05, 0) is 43.5 Å². The average Bonchev–Trinajstić information content (AvgIpc) is 2.83. The Kier molecular flexibility index (Phi) is 5.81. The number of likely N-dealkylation sites (tertiary alicyclic amines) is 1. The number of nitro groups is 1. The molecule has 3 aromatic rings. The number of ether oxygens (including phenoxy) is 2. The molecule has 0 atom stereocenters. The fourth-order valence-electron chi connectivity index (χ4n) is 4.14. The second-order valence-corrected chi connectivity index (χ2v) is 7.57. The second-order valence-electron chi connectivity index (χ2n) is 7.57. The number of methoxy groups -OCH3 is 2. The third-order valence-corrected chi connectivity index (χ3v) is 5.73. The first-order chi connectivity index (χ1) is 15.5. The van der Waals surface area contributed by atoms with Gasteiger partial charge in [0.1, 0.15) is 5.75 Å². The third kappa shape index (κ3) is 3.66. The van der Waals surface area contributed by atoms with Crippen LogP contribution in [0.15, 0.2) is 47.4 Å². The topological polar surface area (TPSA) is 104 Å². The molecule has 2 heterocycles. The van der Waals surface area contributed by atoms with Crippen LogP contribution in [0, 0.1) is 10.1 Å². The van der Waals surface area contributed by atoms with Crippen molar-refractivity contribution in [2.24, 2.45) is 0 Å². The zero-order valence-electron chi connectivity index (χ0n) is 17.9. The molecule has 1 saturated heterocycles. The number of rotatable bonds is 5. The summed E-state index contributed by atoms with van der Waals surface area (Å²) in [6, 6.07) is 9.64. The molecule has 0 radical (unpaired) electrons. The Balaban J connectivity index is 1.86. The molecule has 2 aromatic carbocycles. The molecule has 0 aliphatic carbocycles. The van der Waals surface area contributed by atoms with E-state index in [0.717, 1.165) is 32.4 Å². The molecule has 1 aromatic heterocycles. The number of carbonyl (C=O) groups is 1. The summed E-state index contributed by atoms with van der Waals surface area (Å²) in [4.78, 5) is 39.2. The van der Waals surface area contributed by atoms with E-state index < -0.39 is 10.5 Å². The van der Waals surface area contributed by atoms with Crippen molar-refractivity contribution < 1.29 is 19.2 Å². The van der Waals surface area contributed by atoms with E-state index in [2.05, 4.69) is 0 Å². The molecule has 166 valence electrons. The Morgan fingerprint density at radius 3 is 2.41 bits per heavy atom. The summed E-state index contributed by atoms with van der Waals surface area (Å²) in [5.74, 6) is 0.103. The largest absolute Gasteiger partial charge is 0.496 e. The van der Waals surface area contributed by atoms with Gasteiger partial charge in [-0.3, -0.25) is 24.3 Å². The Labute approximate surface area is 183 Å². The number of carbonyl (C=O) groups excluding carboxylic acids is 1. The molecule has 0 spiro atoms. The van der Waals surface area contributed by atoms with Crippen LogP contribution in [0.25, 0.3) is 16.5 Å². The van der Waals surface area contributed by atoms with Crippen LogP contribution >= 0.6 is 0 Å². The maximum Gasteiger partial charge on any atom is 0.319 e. The SMILES string of the molecule is COc1cc(OC)c2c(=O)n(-c3cccc(C(=O)N4CCCCC4)c3)ccc2c1[N+](=O)[O-]. The van der Waals surface area contributed by atoms with Crippen LogP contribution in [0.1, 0.15) is 29.6 Å². The lowest BCUT2D eigenvalue weighted by Gasteiger charge is -2.26. The number of nitrogens with zero attached hydrogens (tertiary/aromatic N) is 3. The molecule has 32 heavy (non-hydrogen) atoms. The molecule has 1 amide bonds. The highest BCUT2D eigenvalue weighted by Gasteiger charge is 2.25. The van der Waals surface area contributed by atoms with Crippen molar-refractivity contribution in [2.45, 2.75) is 19.3 Å². The number of nitro benzene ring substituents is 1. The van der Waals surface area contributed by atoms with Crippen molar-refractivity contribution in [1.29, 1.82) is 0 Å². The van der Waals surface area contributed by atoms with E-state index in [0.29, 0.717) is 11.3 Å². The third-order valence-electron chi connectivity index (χ3n) is 5.73. The van der Waals surface area contributed by atoms with Crippen molar-refractivity contribution in [1.82, 2.24) is 9.47 Å². The van der Waals surface area contributed by atoms with E-state index >= 15 is 0 Å². The molecule has 1 aliphatic rings. The van der Waals surface area contributed by atoms with Crippen molar-refractivity contribution in [2.75, 3.05) is 27.3 Å². The number of aromatic nitrogens is 1. The van der Waals surface area contributed by atoms with Crippen LogP contribution in [-0.2, 0) is 0 Å². The zero-order chi connectivity index (χ0) is 22.8. The first-order valence-corrected chi connectivity index (χ1v) is 10.3. The van der Waals surface area contributed by atoms with E-state index in [9.17, 15) is 19.7 Å². The average molecular weight is 437 g/mol. The number of hydrogen-bond acceptors (Lipinski definition) is 6. The van der Waals surface area contributed by atoms with E-state index in [1.165, 1.54) is 37.1 Å². The number of hydrogen-bond donors (Lipinski definition) is 0. The molecule has 1 aliphatic heterocycles. The molecular weight excluding hydrogens is 414 g/mol. The summed E-state index contributed by atoms with van der Waals surface area (Å²) in [6.45, 7) is 1.45. The molecule has 9 heteroatoms. The van der Waals surface area contributed by atoms with E-state index in [1.807, 2.05) is 4.90 Å². The van der Waals surface area contributed by atoms with Gasteiger partial charge in [-0.25, -0.2) is 0 Å². The fourth-order valence-corrected chi connectivity index (χ4v) is 4.14. The summed E-state index contributed by atoms with van der Waals surface area (Å²) in [6.07, 6.45) is 4.55. The van der Waals surface area contributed by atoms with Crippen LogP contribution in [0.3, 0.4) is 0 Å². The van der Waals surface area contributed by atoms with Gasteiger partial charge >= 0.3 is 5.69 Å². The first kappa shape index (κ1) is 21.4. The van der Waals surface area contributed by atoms with Crippen LogP contribution in [-0.4, -0.2) is 47.6 Å². The van der Waals surface area contributed by atoms with E-state index in [1.54, 1.807) is 24.3 Å². The number of benzene rings is 2. The van der Waals surface area contributed by atoms with E-state index in [-0.39, 0.29) is 33.9 Å². The molecule has 0 bridgehead atoms. The number of pyridine rings is 1. The lowest BCUT2D eigenvalue weighted by atomic mass is 10.1. The minimum Gasteiger partial charge on any atom is -0.496 e. The molecule has 0 unspecified atom stereocenters. The summed E-state index contributed by atoms with van der Waals surface area (Å²) in [7, 11) is 2.70. The summed E-state index contributed by atoms with van der Waals surface area (Å²) in [5, 5.41) is 11.8. The Hall–Kier alpha value is -3.88. The van der Waals surface area contributed by atoms with Crippen LogP contribution < -0.4 is 15.0 Å². The second kappa shape index (κ2) is 8.70. The molecule has 4 rings (SSSR count). The normalized spacial score (nSPS) is 13.8. The van der Waals surface area contributed by atoms with Gasteiger partial charge in [-0.15, -0.1) is 0 Å². The molecule has 0 saturated carbocycles. The van der Waals surface area contributed by atoms with Crippen LogP contribution in [0.4, 0.5) is 5.69 Å². The predicted molar refractivity (Wildman–Crippen MR) is 119 cm³/mol. The number of piperidine rings is 1. The number of amides is 1. The fraction of sp³-hybridized carbons (Fsp3) is 0.304. The molecule has 0 N–H and O–H groups in total. The lowest BCUT2D eigenvalue weighted by Crippen LogP contribution is -2.35. The van der Waals surface area contributed by atoms with Crippen LogP contribution in [0.5, 0.6) is 11.5 Å². The first-order valence-electron chi connectivity index (χ1n) is 10.3. The van der Waals surface area contributed by atoms with Crippen molar-refractivity contribution >= 4 is 22.4 Å². The smallest absolute Gasteiger partial charge is 0.319 e. The minimum absolute atomic E-state index is 0.00521. The Morgan fingerprint density at radius 1 is 1.03 bits per heavy atom. The molecule has 9 nitrogen and oxygen atoms in total. The quantitative estimate of drug-likeness (QED) is 0.447. The van der Waals surface area contributed by atoms with Gasteiger partial charge in [-0.1, -0.05) is 6.07 Å². The standard InChI is InChI=1S/C23H23N3O6/c1-31-18-14-19(32-2)21(26(29)30)17-9-12-25(23(28)20(17)18)16-8-6-7-15(13-16)22(27)24-10-4-3-5-11-24/h6-9,12-14H,3-5,10-11H2,1-2H3. The maximum absolute atomic E-state index is 13.4. The summed E-state index contributed by atoms with van der Waals surface area (Å²) < 4.78 is 11.8. The highest BCUT2D eigenvalue weighted by molar-refractivity contribution is 5.98. The van der Waals surface area contributed by atoms with Crippen molar-refractivity contribution in [3.63, 3.8) is 0 Å². The Bertz CT molecular complexity index is 1260. The summed E-state index contributed by atoms with van der Waals surface area (Å²) in [5.41, 5.74) is 0.179. The molecular formula is C23H23N3O6. The highest BCUT2D eigenvalue weighted by Crippen LogP contribution is 2.39. The maximum atomic E-state index is 13.4. The van der Waals surface area contributed by atoms with Gasteiger partial charge in [-0.2, -0.15) is 0 Å². The Morgan fingerprint density at radius 2 is 1.75 bits per heavy atom. The van der Waals surface area contributed by atoms with Gasteiger partial charge in [0.05, 0.1) is 29.9 Å². The van der Waals surface area contributed by atoms with Gasteiger partial charge in [0, 0.05) is 36.6 Å². The van der Waals surface area contributed by atoms with Gasteiger partial charge < -0.3 is 14.4 Å². The number of fused-ring (bicyclic) bond motifs is 1. The van der Waals surface area contributed by atoms with Crippen LogP contribution in [0.2, 0.25) is 0 Å². The van der Waals surface area contributed by atoms with Gasteiger partial charge in [0.25, 0.3) is 11.5 Å². The molecule has 1 fully saturated rings. The van der Waals surface area contributed by atoms with Gasteiger partial charge in [0.15, 0.2) is 0 Å². The van der Waals surface area contributed by atoms with E-state index in [4.69, 9.17) is 9.47 Å². The highest BCUT2D eigenvalue weighted by atomic mass is 16.6. The minimum atomic E-state index is -0.581. The predicted octanol–water partition coefficient (Wildman–Crippen LogP) is 3.54. The summed E-state index contributed by atoms with van der Waals surface area (Å²) >= 11 is 0. The van der Waals surface area contributed by atoms with Crippen molar-refractivity contribution in [3.05, 3.63) is 68.6 Å².